The summed E-state index contributed by atoms with van der Waals surface area (Å²) in [4.78, 5) is 25.5. The van der Waals surface area contributed by atoms with Crippen molar-refractivity contribution in [3.05, 3.63) is 102 Å². The number of aliphatic hydroxyl groups is 1. The van der Waals surface area contributed by atoms with E-state index >= 15 is 4.39 Å². The minimum Gasteiger partial charge on any atom is -0.393 e. The van der Waals surface area contributed by atoms with E-state index in [-0.39, 0.29) is 23.2 Å². The lowest BCUT2D eigenvalue weighted by Gasteiger charge is -2.19. The van der Waals surface area contributed by atoms with E-state index in [2.05, 4.69) is 20.3 Å². The molecule has 2 aromatic carbocycles. The number of nitrogens with one attached hydrogen (secondary N) is 1. The van der Waals surface area contributed by atoms with Crippen LogP contribution in [0.15, 0.2) is 79.4 Å². The molecule has 3 aromatic heterocycles. The van der Waals surface area contributed by atoms with Crippen LogP contribution in [0, 0.1) is 5.82 Å². The number of fused-ring (bicyclic) bond motifs is 1. The molecule has 0 saturated carbocycles. The molecule has 1 unspecified atom stereocenters. The molecular formula is C27H20BF4N5O2. The number of carbonyl (C=O) groups is 1. The molecule has 3 heterocycles. The van der Waals surface area contributed by atoms with Gasteiger partial charge in [0.25, 0.3) is 5.91 Å². The van der Waals surface area contributed by atoms with E-state index in [0.717, 1.165) is 6.07 Å². The lowest BCUT2D eigenvalue weighted by Crippen LogP contribution is -2.23. The van der Waals surface area contributed by atoms with E-state index in [1.54, 1.807) is 55.7 Å². The highest BCUT2D eigenvalue weighted by Crippen LogP contribution is 2.38. The van der Waals surface area contributed by atoms with Crippen LogP contribution in [0.1, 0.15) is 28.5 Å². The molecule has 0 bridgehead atoms. The molecule has 0 spiro atoms. The number of rotatable bonds is 5. The average Bonchev–Trinajstić information content (AvgIpc) is 3.35. The van der Waals surface area contributed by atoms with E-state index in [0.29, 0.717) is 16.8 Å². The molecule has 0 aliphatic rings. The quantitative estimate of drug-likeness (QED) is 0.253. The number of benzene rings is 2. The number of imidazole rings is 1. The van der Waals surface area contributed by atoms with Gasteiger partial charge in [0.1, 0.15) is 5.82 Å². The molecule has 0 saturated heterocycles. The third kappa shape index (κ3) is 4.98. The van der Waals surface area contributed by atoms with E-state index in [4.69, 9.17) is 0 Å². The smallest absolute Gasteiger partial charge is 0.393 e. The van der Waals surface area contributed by atoms with Crippen LogP contribution in [0.25, 0.3) is 28.2 Å². The minimum absolute atomic E-state index is 0.181. The number of hydrogen-bond donors (Lipinski definition) is 2. The van der Waals surface area contributed by atoms with Gasteiger partial charge in [-0.1, -0.05) is 30.3 Å². The number of pyridine rings is 1. The van der Waals surface area contributed by atoms with Crippen molar-refractivity contribution in [3.63, 3.8) is 0 Å². The summed E-state index contributed by atoms with van der Waals surface area (Å²) in [6, 6.07) is 13.2. The Bertz CT molecular complexity index is 1680. The second-order valence-corrected chi connectivity index (χ2v) is 9.27. The van der Waals surface area contributed by atoms with Gasteiger partial charge in [-0.05, 0) is 36.8 Å². The molecule has 0 aliphatic carbocycles. The van der Waals surface area contributed by atoms with Crippen molar-refractivity contribution in [2.75, 3.05) is 5.32 Å². The Hall–Kier alpha value is -4.58. The van der Waals surface area contributed by atoms with Gasteiger partial charge in [0.05, 0.1) is 34.2 Å². The first-order valence-electron chi connectivity index (χ1n) is 11.7. The fraction of sp³-hybridized carbons (Fsp3) is 0.111. The van der Waals surface area contributed by atoms with Crippen LogP contribution in [-0.2, 0) is 11.7 Å². The van der Waals surface area contributed by atoms with Crippen molar-refractivity contribution in [2.45, 2.75) is 18.6 Å². The molecule has 0 aliphatic heterocycles. The third-order valence-corrected chi connectivity index (χ3v) is 6.09. The van der Waals surface area contributed by atoms with Gasteiger partial charge in [0.15, 0.2) is 19.3 Å². The fourth-order valence-corrected chi connectivity index (χ4v) is 4.27. The first-order chi connectivity index (χ1) is 18.4. The van der Waals surface area contributed by atoms with Crippen molar-refractivity contribution in [1.82, 2.24) is 19.4 Å². The molecule has 1 amide bonds. The molecule has 0 fully saturated rings. The van der Waals surface area contributed by atoms with Crippen molar-refractivity contribution in [2.24, 2.45) is 0 Å². The van der Waals surface area contributed by atoms with E-state index in [1.165, 1.54) is 24.7 Å². The SMILES string of the molecule is BC(C)(O)c1cnc2c(NC(=O)c3cc(-c4ncccn4)c(C(F)(F)F)cc3F)c(-c3ccccc3)ccn12. The highest BCUT2D eigenvalue weighted by molar-refractivity contribution is 6.14. The summed E-state index contributed by atoms with van der Waals surface area (Å²) in [6.45, 7) is 1.57. The van der Waals surface area contributed by atoms with Gasteiger partial charge >= 0.3 is 6.18 Å². The number of aromatic nitrogens is 4. The van der Waals surface area contributed by atoms with Gasteiger partial charge in [-0.15, -0.1) is 0 Å². The molecule has 1 atom stereocenters. The third-order valence-electron chi connectivity index (χ3n) is 6.09. The van der Waals surface area contributed by atoms with Crippen LogP contribution in [0.5, 0.6) is 0 Å². The molecular weight excluding hydrogens is 513 g/mol. The number of amides is 1. The molecule has 5 aromatic rings. The van der Waals surface area contributed by atoms with Crippen molar-refractivity contribution in [1.29, 1.82) is 0 Å². The lowest BCUT2D eigenvalue weighted by atomic mass is 9.81. The van der Waals surface area contributed by atoms with Crippen LogP contribution < -0.4 is 5.32 Å². The van der Waals surface area contributed by atoms with Crippen LogP contribution in [0.2, 0.25) is 0 Å². The van der Waals surface area contributed by atoms with Crippen LogP contribution >= 0.6 is 0 Å². The summed E-state index contributed by atoms with van der Waals surface area (Å²) >= 11 is 0. The maximum Gasteiger partial charge on any atom is 0.417 e. The molecule has 12 heteroatoms. The number of anilines is 1. The van der Waals surface area contributed by atoms with E-state index in [1.807, 2.05) is 6.07 Å². The maximum atomic E-state index is 15.1. The summed E-state index contributed by atoms with van der Waals surface area (Å²) in [5.41, 5.74) is -1.67. The van der Waals surface area contributed by atoms with Crippen molar-refractivity contribution in [3.8, 4) is 22.5 Å². The average molecular weight is 533 g/mol. The Morgan fingerprint density at radius 2 is 1.69 bits per heavy atom. The van der Waals surface area contributed by atoms with Crippen LogP contribution in [0.4, 0.5) is 23.2 Å². The van der Waals surface area contributed by atoms with E-state index in [9.17, 15) is 23.1 Å². The number of carbonyl (C=O) groups excluding carboxylic acids is 1. The summed E-state index contributed by atoms with van der Waals surface area (Å²) in [7, 11) is 1.57. The summed E-state index contributed by atoms with van der Waals surface area (Å²) < 4.78 is 57.9. The highest BCUT2D eigenvalue weighted by atomic mass is 19.4. The predicted molar refractivity (Wildman–Crippen MR) is 139 cm³/mol. The summed E-state index contributed by atoms with van der Waals surface area (Å²) in [6.07, 6.45) is 0.703. The standard InChI is InChI=1S/C27H20BF4N5O2/c1-26(28,39)21-14-35-24-22(16(8-11-37(21)24)15-6-3-2-4-7-15)36-25(38)18-12-17(23-33-9-5-10-34-23)19(13-20(18)29)27(30,31)32/h2-14,39H,28H2,1H3,(H,36,38). The topological polar surface area (TPSA) is 92.4 Å². The zero-order valence-electron chi connectivity index (χ0n) is 20.7. The Morgan fingerprint density at radius 1 is 1.00 bits per heavy atom. The maximum absolute atomic E-state index is 15.1. The second-order valence-electron chi connectivity index (χ2n) is 9.27. The van der Waals surface area contributed by atoms with Crippen LogP contribution in [-0.4, -0.2) is 38.2 Å². The Balaban J connectivity index is 1.67. The number of halogens is 4. The number of nitrogens with zero attached hydrogens (tertiary/aromatic N) is 4. The molecule has 2 N–H and O–H groups in total. The monoisotopic (exact) mass is 533 g/mol. The lowest BCUT2D eigenvalue weighted by molar-refractivity contribution is -0.137. The van der Waals surface area contributed by atoms with Gasteiger partial charge in [0.2, 0.25) is 0 Å². The van der Waals surface area contributed by atoms with Crippen LogP contribution in [0.3, 0.4) is 0 Å². The number of hydrogen-bond acceptors (Lipinski definition) is 5. The first-order valence-corrected chi connectivity index (χ1v) is 11.7. The number of alkyl halides is 3. The molecule has 5 rings (SSSR count). The fourth-order valence-electron chi connectivity index (χ4n) is 4.27. The minimum atomic E-state index is -4.92. The largest absolute Gasteiger partial charge is 0.417 e. The van der Waals surface area contributed by atoms with Crippen molar-refractivity contribution < 1.29 is 27.5 Å². The molecule has 39 heavy (non-hydrogen) atoms. The predicted octanol–water partition coefficient (Wildman–Crippen LogP) is 4.67. The zero-order valence-corrected chi connectivity index (χ0v) is 20.7. The van der Waals surface area contributed by atoms with Gasteiger partial charge in [-0.25, -0.2) is 19.3 Å². The Morgan fingerprint density at radius 3 is 2.33 bits per heavy atom. The Kier molecular flexibility index (Phi) is 6.43. The van der Waals surface area contributed by atoms with Gasteiger partial charge in [-0.2, -0.15) is 13.2 Å². The summed E-state index contributed by atoms with van der Waals surface area (Å²) in [5.74, 6) is -2.68. The van der Waals surface area contributed by atoms with Gasteiger partial charge in [0, 0.05) is 29.7 Å². The molecule has 0 radical (unpaired) electrons. The van der Waals surface area contributed by atoms with Crippen molar-refractivity contribution >= 4 is 25.1 Å². The zero-order chi connectivity index (χ0) is 27.9. The Labute approximate surface area is 220 Å². The van der Waals surface area contributed by atoms with E-state index < -0.39 is 40.1 Å². The first kappa shape index (κ1) is 26.0. The highest BCUT2D eigenvalue weighted by Gasteiger charge is 2.36. The van der Waals surface area contributed by atoms with Gasteiger partial charge < -0.3 is 14.8 Å². The molecule has 196 valence electrons. The second kappa shape index (κ2) is 9.62. The molecule has 7 nitrogen and oxygen atoms in total. The van der Waals surface area contributed by atoms with Gasteiger partial charge in [-0.3, -0.25) is 4.79 Å². The normalized spacial score (nSPS) is 13.3. The summed E-state index contributed by atoms with van der Waals surface area (Å²) in [5, 5.41) is 13.2.